The van der Waals surface area contributed by atoms with Crippen LogP contribution >= 0.6 is 0 Å². The van der Waals surface area contributed by atoms with E-state index in [1.807, 2.05) is 13.1 Å². The molecule has 0 bridgehead atoms. The van der Waals surface area contributed by atoms with Crippen molar-refractivity contribution in [3.05, 3.63) is 12.7 Å². The van der Waals surface area contributed by atoms with E-state index in [0.29, 0.717) is 0 Å². The Morgan fingerprint density at radius 3 is 2.78 bits per heavy atom. The van der Waals surface area contributed by atoms with Crippen LogP contribution < -0.4 is 5.32 Å². The van der Waals surface area contributed by atoms with Gasteiger partial charge in [0.2, 0.25) is 0 Å². The molecule has 0 unspecified atom stereocenters. The molecule has 1 saturated heterocycles. The highest BCUT2D eigenvalue weighted by Crippen LogP contribution is 2.02. The lowest BCUT2D eigenvalue weighted by molar-refractivity contribution is 0.279. The number of likely N-dealkylation sites (N-methyl/N-ethyl adjacent to an activating group) is 1. The van der Waals surface area contributed by atoms with Crippen LogP contribution in [0.15, 0.2) is 17.6 Å². The quantitative estimate of drug-likeness (QED) is 0.304. The third kappa shape index (κ3) is 8.96. The Balaban J connectivity index is 2.18. The topological polar surface area (TPSA) is 34.1 Å². The first-order chi connectivity index (χ1) is 11.2. The number of rotatable bonds is 9. The second-order valence-corrected chi connectivity index (χ2v) is 6.53. The summed E-state index contributed by atoms with van der Waals surface area (Å²) in [5.74, 6) is 1.01. The summed E-state index contributed by atoms with van der Waals surface area (Å²) < 4.78 is 0. The second-order valence-electron chi connectivity index (χ2n) is 6.53. The van der Waals surface area contributed by atoms with E-state index in [1.54, 1.807) is 0 Å². The number of aliphatic imine (C=N–C) groups is 1. The van der Waals surface area contributed by atoms with Gasteiger partial charge in [-0.05, 0) is 45.8 Å². The summed E-state index contributed by atoms with van der Waals surface area (Å²) >= 11 is 0. The van der Waals surface area contributed by atoms with Crippen LogP contribution in [0.5, 0.6) is 0 Å². The standard InChI is InChI=1S/C18H37N5/c1-5-6-7-8-9-13-22(4)18(19-2)20-11-15-23-14-10-12-21(3)16-17-23/h5H,1,6-17H2,2-4H3,(H,19,20). The summed E-state index contributed by atoms with van der Waals surface area (Å²) in [7, 11) is 6.22. The lowest BCUT2D eigenvalue weighted by Gasteiger charge is -2.24. The van der Waals surface area contributed by atoms with Gasteiger partial charge < -0.3 is 20.0 Å². The highest BCUT2D eigenvalue weighted by atomic mass is 15.3. The van der Waals surface area contributed by atoms with Crippen molar-refractivity contribution in [3.8, 4) is 0 Å². The van der Waals surface area contributed by atoms with Crippen molar-refractivity contribution in [3.63, 3.8) is 0 Å². The zero-order chi connectivity index (χ0) is 16.9. The van der Waals surface area contributed by atoms with Gasteiger partial charge in [-0.1, -0.05) is 12.5 Å². The Labute approximate surface area is 143 Å². The van der Waals surface area contributed by atoms with Gasteiger partial charge in [0.25, 0.3) is 0 Å². The predicted molar refractivity (Wildman–Crippen MR) is 101 cm³/mol. The van der Waals surface area contributed by atoms with Crippen molar-refractivity contribution in [1.82, 2.24) is 20.0 Å². The Morgan fingerprint density at radius 2 is 2.04 bits per heavy atom. The SMILES string of the molecule is C=CCCCCCN(C)C(=NC)NCCN1CCCN(C)CC1. The zero-order valence-electron chi connectivity index (χ0n) is 15.6. The largest absolute Gasteiger partial charge is 0.355 e. The fourth-order valence-electron chi connectivity index (χ4n) is 2.95. The van der Waals surface area contributed by atoms with Gasteiger partial charge in [-0.3, -0.25) is 4.99 Å². The summed E-state index contributed by atoms with van der Waals surface area (Å²) in [6.45, 7) is 11.7. The van der Waals surface area contributed by atoms with Crippen molar-refractivity contribution in [2.75, 3.05) is 67.0 Å². The summed E-state index contributed by atoms with van der Waals surface area (Å²) in [5, 5.41) is 3.50. The normalized spacial score (nSPS) is 17.8. The molecule has 0 aromatic carbocycles. The summed E-state index contributed by atoms with van der Waals surface area (Å²) in [6, 6.07) is 0. The molecule has 1 N–H and O–H groups in total. The van der Waals surface area contributed by atoms with Crippen molar-refractivity contribution in [2.24, 2.45) is 4.99 Å². The molecule has 0 saturated carbocycles. The summed E-state index contributed by atoms with van der Waals surface area (Å²) in [5.41, 5.74) is 0. The van der Waals surface area contributed by atoms with Crippen LogP contribution in [0, 0.1) is 0 Å². The molecule has 0 spiro atoms. The molecular formula is C18H37N5. The minimum Gasteiger partial charge on any atom is -0.355 e. The van der Waals surface area contributed by atoms with E-state index in [-0.39, 0.29) is 0 Å². The number of nitrogens with zero attached hydrogens (tertiary/aromatic N) is 4. The second kappa shape index (κ2) is 12.4. The van der Waals surface area contributed by atoms with Crippen molar-refractivity contribution >= 4 is 5.96 Å². The van der Waals surface area contributed by atoms with Crippen LogP contribution in [0.2, 0.25) is 0 Å². The molecule has 5 heteroatoms. The van der Waals surface area contributed by atoms with Crippen LogP contribution in [0.3, 0.4) is 0 Å². The molecular weight excluding hydrogens is 286 g/mol. The van der Waals surface area contributed by atoms with E-state index >= 15 is 0 Å². The number of hydrogen-bond donors (Lipinski definition) is 1. The molecule has 0 aromatic rings. The fraction of sp³-hybridized carbons (Fsp3) is 0.833. The predicted octanol–water partition coefficient (Wildman–Crippen LogP) is 1.88. The van der Waals surface area contributed by atoms with E-state index in [1.165, 1.54) is 51.9 Å². The molecule has 0 aromatic heterocycles. The average molecular weight is 324 g/mol. The molecule has 23 heavy (non-hydrogen) atoms. The number of allylic oxidation sites excluding steroid dienone is 1. The van der Waals surface area contributed by atoms with Gasteiger partial charge >= 0.3 is 0 Å². The molecule has 0 amide bonds. The highest BCUT2D eigenvalue weighted by Gasteiger charge is 2.12. The van der Waals surface area contributed by atoms with Crippen molar-refractivity contribution < 1.29 is 0 Å². The van der Waals surface area contributed by atoms with E-state index in [2.05, 4.69) is 45.7 Å². The molecule has 5 nitrogen and oxygen atoms in total. The number of guanidine groups is 1. The number of nitrogens with one attached hydrogen (secondary N) is 1. The van der Waals surface area contributed by atoms with Gasteiger partial charge in [-0.25, -0.2) is 0 Å². The third-order valence-electron chi connectivity index (χ3n) is 4.50. The van der Waals surface area contributed by atoms with Crippen LogP contribution in [-0.4, -0.2) is 87.6 Å². The first kappa shape index (κ1) is 20.0. The zero-order valence-corrected chi connectivity index (χ0v) is 15.6. The molecule has 1 aliphatic heterocycles. The van der Waals surface area contributed by atoms with Gasteiger partial charge in [0.1, 0.15) is 0 Å². The Bertz CT molecular complexity index is 342. The molecule has 1 rings (SSSR count). The Morgan fingerprint density at radius 1 is 1.22 bits per heavy atom. The third-order valence-corrected chi connectivity index (χ3v) is 4.50. The molecule has 0 radical (unpaired) electrons. The molecule has 1 aliphatic rings. The minimum absolute atomic E-state index is 0.969. The van der Waals surface area contributed by atoms with Gasteiger partial charge in [0, 0.05) is 46.8 Å². The fourth-order valence-corrected chi connectivity index (χ4v) is 2.95. The Kier molecular flexibility index (Phi) is 10.7. The van der Waals surface area contributed by atoms with Gasteiger partial charge in [-0.15, -0.1) is 6.58 Å². The van der Waals surface area contributed by atoms with Crippen LogP contribution in [0.25, 0.3) is 0 Å². The van der Waals surface area contributed by atoms with Crippen LogP contribution in [0.4, 0.5) is 0 Å². The van der Waals surface area contributed by atoms with E-state index < -0.39 is 0 Å². The first-order valence-corrected chi connectivity index (χ1v) is 9.11. The lowest BCUT2D eigenvalue weighted by Crippen LogP contribution is -2.43. The first-order valence-electron chi connectivity index (χ1n) is 9.11. The lowest BCUT2D eigenvalue weighted by atomic mass is 10.2. The van der Waals surface area contributed by atoms with E-state index in [4.69, 9.17) is 0 Å². The van der Waals surface area contributed by atoms with E-state index in [0.717, 1.165) is 32.0 Å². The highest BCUT2D eigenvalue weighted by molar-refractivity contribution is 5.79. The number of unbranched alkanes of at least 4 members (excludes halogenated alkanes) is 3. The van der Waals surface area contributed by atoms with Gasteiger partial charge in [0.15, 0.2) is 5.96 Å². The van der Waals surface area contributed by atoms with Gasteiger partial charge in [-0.2, -0.15) is 0 Å². The summed E-state index contributed by atoms with van der Waals surface area (Å²) in [4.78, 5) is 11.6. The van der Waals surface area contributed by atoms with Crippen LogP contribution in [0.1, 0.15) is 32.1 Å². The van der Waals surface area contributed by atoms with E-state index in [9.17, 15) is 0 Å². The number of hydrogen-bond acceptors (Lipinski definition) is 3. The Hall–Kier alpha value is -1.07. The van der Waals surface area contributed by atoms with Crippen molar-refractivity contribution in [2.45, 2.75) is 32.1 Å². The van der Waals surface area contributed by atoms with Gasteiger partial charge in [0.05, 0.1) is 0 Å². The summed E-state index contributed by atoms with van der Waals surface area (Å²) in [6.07, 6.45) is 8.12. The monoisotopic (exact) mass is 323 g/mol. The molecule has 0 atom stereocenters. The van der Waals surface area contributed by atoms with Crippen LogP contribution in [-0.2, 0) is 0 Å². The maximum Gasteiger partial charge on any atom is 0.193 e. The maximum absolute atomic E-state index is 4.40. The molecule has 1 fully saturated rings. The minimum atomic E-state index is 0.969. The molecule has 1 heterocycles. The molecule has 134 valence electrons. The molecule has 0 aliphatic carbocycles. The average Bonchev–Trinajstić information content (AvgIpc) is 2.75. The maximum atomic E-state index is 4.40. The van der Waals surface area contributed by atoms with Crippen molar-refractivity contribution in [1.29, 1.82) is 0 Å². The smallest absolute Gasteiger partial charge is 0.193 e.